The van der Waals surface area contributed by atoms with Gasteiger partial charge in [-0.15, -0.1) is 0 Å². The number of rotatable bonds is 4. The van der Waals surface area contributed by atoms with Gasteiger partial charge in [0.1, 0.15) is 0 Å². The van der Waals surface area contributed by atoms with Crippen LogP contribution in [0, 0.1) is 5.92 Å². The highest BCUT2D eigenvalue weighted by Crippen LogP contribution is 2.27. The molecule has 1 fully saturated rings. The average Bonchev–Trinajstić information content (AvgIpc) is 2.75. The van der Waals surface area contributed by atoms with E-state index in [1.807, 2.05) is 31.2 Å². The van der Waals surface area contributed by atoms with E-state index in [1.54, 1.807) is 0 Å². The summed E-state index contributed by atoms with van der Waals surface area (Å²) in [6, 6.07) is 8.27. The summed E-state index contributed by atoms with van der Waals surface area (Å²) >= 11 is 3.41. The van der Waals surface area contributed by atoms with E-state index < -0.39 is 0 Å². The van der Waals surface area contributed by atoms with Crippen LogP contribution in [-0.4, -0.2) is 11.9 Å². The van der Waals surface area contributed by atoms with Crippen LogP contribution in [0.1, 0.15) is 44.2 Å². The number of carbonyl (C=O) groups is 1. The average molecular weight is 325 g/mol. The van der Waals surface area contributed by atoms with E-state index in [2.05, 4.69) is 21.2 Å². The first-order valence-electron chi connectivity index (χ1n) is 6.86. The molecule has 3 atom stereocenters. The van der Waals surface area contributed by atoms with E-state index in [0.29, 0.717) is 12.3 Å². The van der Waals surface area contributed by atoms with E-state index >= 15 is 0 Å². The lowest BCUT2D eigenvalue weighted by atomic mass is 9.99. The van der Waals surface area contributed by atoms with Gasteiger partial charge in [-0.2, -0.15) is 0 Å². The molecule has 0 bridgehead atoms. The Morgan fingerprint density at radius 3 is 2.68 bits per heavy atom. The van der Waals surface area contributed by atoms with Crippen LogP contribution in [0.4, 0.5) is 0 Å². The monoisotopic (exact) mass is 324 g/mol. The van der Waals surface area contributed by atoms with Gasteiger partial charge in [-0.3, -0.25) is 4.79 Å². The van der Waals surface area contributed by atoms with Crippen molar-refractivity contribution in [3.05, 3.63) is 34.3 Å². The van der Waals surface area contributed by atoms with E-state index in [9.17, 15) is 4.79 Å². The molecule has 3 N–H and O–H groups in total. The summed E-state index contributed by atoms with van der Waals surface area (Å²) in [5.41, 5.74) is 7.12. The molecule has 1 amide bonds. The maximum atomic E-state index is 12.0. The second-order valence-corrected chi connectivity index (χ2v) is 6.32. The van der Waals surface area contributed by atoms with Crippen molar-refractivity contribution in [2.75, 3.05) is 0 Å². The van der Waals surface area contributed by atoms with Gasteiger partial charge in [0.15, 0.2) is 0 Å². The van der Waals surface area contributed by atoms with Crippen LogP contribution in [-0.2, 0) is 4.79 Å². The molecule has 0 aromatic heterocycles. The molecule has 104 valence electrons. The molecule has 1 aromatic rings. The van der Waals surface area contributed by atoms with Crippen LogP contribution < -0.4 is 11.1 Å². The number of hydrogen-bond donors (Lipinski definition) is 2. The van der Waals surface area contributed by atoms with E-state index in [4.69, 9.17) is 5.73 Å². The van der Waals surface area contributed by atoms with Crippen molar-refractivity contribution in [2.45, 2.75) is 44.7 Å². The van der Waals surface area contributed by atoms with Crippen molar-refractivity contribution in [3.63, 3.8) is 0 Å². The van der Waals surface area contributed by atoms with Crippen molar-refractivity contribution >= 4 is 21.8 Å². The zero-order valence-electron chi connectivity index (χ0n) is 11.2. The molecule has 4 heteroatoms. The third-order valence-electron chi connectivity index (χ3n) is 3.91. The second kappa shape index (κ2) is 6.53. The Labute approximate surface area is 123 Å². The lowest BCUT2D eigenvalue weighted by Gasteiger charge is -2.18. The Morgan fingerprint density at radius 2 is 2.11 bits per heavy atom. The molecule has 1 unspecified atom stereocenters. The van der Waals surface area contributed by atoms with Crippen LogP contribution in [0.25, 0.3) is 0 Å². The number of hydrogen-bond acceptors (Lipinski definition) is 2. The van der Waals surface area contributed by atoms with Crippen molar-refractivity contribution < 1.29 is 4.79 Å². The molecular formula is C15H21BrN2O. The Kier molecular flexibility index (Phi) is 4.99. The Hall–Kier alpha value is -0.870. The Balaban J connectivity index is 1.86. The van der Waals surface area contributed by atoms with Crippen molar-refractivity contribution in [1.82, 2.24) is 5.32 Å². The first kappa shape index (κ1) is 14.5. The van der Waals surface area contributed by atoms with Crippen molar-refractivity contribution in [2.24, 2.45) is 11.7 Å². The molecule has 1 aliphatic rings. The Bertz CT molecular complexity index is 432. The molecule has 0 aliphatic heterocycles. The number of carbonyl (C=O) groups excluding carboxylic acids is 1. The highest BCUT2D eigenvalue weighted by atomic mass is 79.9. The molecule has 1 aliphatic carbocycles. The predicted octanol–water partition coefficient (Wildman–Crippen LogP) is 3.14. The second-order valence-electron chi connectivity index (χ2n) is 5.40. The lowest BCUT2D eigenvalue weighted by molar-refractivity contribution is -0.122. The van der Waals surface area contributed by atoms with Crippen LogP contribution in [0.2, 0.25) is 0 Å². The fraction of sp³-hybridized carbons (Fsp3) is 0.533. The zero-order chi connectivity index (χ0) is 13.8. The largest absolute Gasteiger partial charge is 0.350 e. The minimum atomic E-state index is 0.0400. The van der Waals surface area contributed by atoms with Gasteiger partial charge in [0.2, 0.25) is 5.91 Å². The van der Waals surface area contributed by atoms with E-state index in [0.717, 1.165) is 29.3 Å². The molecule has 0 spiro atoms. The van der Waals surface area contributed by atoms with Gasteiger partial charge in [0.25, 0.3) is 0 Å². The summed E-state index contributed by atoms with van der Waals surface area (Å²) in [6.45, 7) is 2.01. The van der Waals surface area contributed by atoms with Crippen molar-refractivity contribution in [1.29, 1.82) is 0 Å². The summed E-state index contributed by atoms with van der Waals surface area (Å²) in [5.74, 6) is 0.467. The molecule has 1 aromatic carbocycles. The first-order chi connectivity index (χ1) is 9.06. The highest BCUT2D eigenvalue weighted by Gasteiger charge is 2.26. The minimum absolute atomic E-state index is 0.0400. The summed E-state index contributed by atoms with van der Waals surface area (Å²) in [7, 11) is 0. The third-order valence-corrected chi connectivity index (χ3v) is 4.44. The van der Waals surface area contributed by atoms with Gasteiger partial charge in [0.05, 0.1) is 6.04 Å². The Morgan fingerprint density at radius 1 is 1.42 bits per heavy atom. The smallest absolute Gasteiger partial charge is 0.220 e. The maximum Gasteiger partial charge on any atom is 0.220 e. The molecule has 0 radical (unpaired) electrons. The van der Waals surface area contributed by atoms with Crippen LogP contribution >= 0.6 is 15.9 Å². The van der Waals surface area contributed by atoms with Gasteiger partial charge >= 0.3 is 0 Å². The van der Waals surface area contributed by atoms with E-state index in [-0.39, 0.29) is 18.0 Å². The summed E-state index contributed by atoms with van der Waals surface area (Å²) < 4.78 is 1.05. The predicted molar refractivity (Wildman–Crippen MR) is 80.6 cm³/mol. The van der Waals surface area contributed by atoms with Crippen LogP contribution in [0.3, 0.4) is 0 Å². The highest BCUT2D eigenvalue weighted by molar-refractivity contribution is 9.10. The summed E-state index contributed by atoms with van der Waals surface area (Å²) in [5, 5.41) is 3.05. The van der Waals surface area contributed by atoms with Gasteiger partial charge < -0.3 is 11.1 Å². The number of benzene rings is 1. The fourth-order valence-corrected chi connectivity index (χ4v) is 2.96. The van der Waals surface area contributed by atoms with E-state index in [1.165, 1.54) is 0 Å². The SMILES string of the molecule is CC(NC(=O)C[C@@H]1CCC[C@H]1N)c1ccc(Br)cc1. The van der Waals surface area contributed by atoms with Crippen LogP contribution in [0.15, 0.2) is 28.7 Å². The number of halogens is 1. The number of nitrogens with two attached hydrogens (primary N) is 1. The molecule has 2 rings (SSSR count). The van der Waals surface area contributed by atoms with Gasteiger partial charge in [-0.1, -0.05) is 34.5 Å². The summed E-state index contributed by atoms with van der Waals surface area (Å²) in [4.78, 5) is 12.0. The number of amides is 1. The number of nitrogens with one attached hydrogen (secondary N) is 1. The molecule has 0 saturated heterocycles. The zero-order valence-corrected chi connectivity index (χ0v) is 12.8. The van der Waals surface area contributed by atoms with Gasteiger partial charge in [-0.25, -0.2) is 0 Å². The normalized spacial score (nSPS) is 24.2. The van der Waals surface area contributed by atoms with Gasteiger partial charge in [0, 0.05) is 16.9 Å². The van der Waals surface area contributed by atoms with Gasteiger partial charge in [-0.05, 0) is 43.4 Å². The molecule has 3 nitrogen and oxygen atoms in total. The third kappa shape index (κ3) is 4.05. The first-order valence-corrected chi connectivity index (χ1v) is 7.66. The van der Waals surface area contributed by atoms with Crippen LogP contribution in [0.5, 0.6) is 0 Å². The van der Waals surface area contributed by atoms with Crippen molar-refractivity contribution in [3.8, 4) is 0 Å². The molecule has 1 saturated carbocycles. The molecule has 0 heterocycles. The maximum absolute atomic E-state index is 12.0. The minimum Gasteiger partial charge on any atom is -0.350 e. The quantitative estimate of drug-likeness (QED) is 0.893. The topological polar surface area (TPSA) is 55.1 Å². The molecule has 19 heavy (non-hydrogen) atoms. The fourth-order valence-electron chi connectivity index (χ4n) is 2.69. The lowest BCUT2D eigenvalue weighted by Crippen LogP contribution is -2.32. The summed E-state index contributed by atoms with van der Waals surface area (Å²) in [6.07, 6.45) is 3.85. The molecular weight excluding hydrogens is 304 g/mol. The standard InChI is InChI=1S/C15H21BrN2O/c1-10(11-5-7-13(16)8-6-11)18-15(19)9-12-3-2-4-14(12)17/h5-8,10,12,14H,2-4,9,17H2,1H3,(H,18,19)/t10?,12-,14+/m0/s1.